The topological polar surface area (TPSA) is 53.3 Å². The van der Waals surface area contributed by atoms with E-state index in [0.717, 1.165) is 11.3 Å². The van der Waals surface area contributed by atoms with E-state index in [-0.39, 0.29) is 5.78 Å². The first-order chi connectivity index (χ1) is 11.2. The van der Waals surface area contributed by atoms with Gasteiger partial charge in [-0.15, -0.1) is 0 Å². The molecular formula is C19H20N2O2. The van der Waals surface area contributed by atoms with Crippen LogP contribution in [-0.4, -0.2) is 30.9 Å². The molecule has 0 atom stereocenters. The van der Waals surface area contributed by atoms with Crippen LogP contribution in [-0.2, 0) is 6.54 Å². The molecular weight excluding hydrogens is 288 g/mol. The number of rotatable bonds is 8. The molecule has 0 unspecified atom stereocenters. The van der Waals surface area contributed by atoms with Gasteiger partial charge in [0, 0.05) is 25.1 Å². The van der Waals surface area contributed by atoms with Crippen LogP contribution in [0.1, 0.15) is 22.3 Å². The summed E-state index contributed by atoms with van der Waals surface area (Å²) in [4.78, 5) is 14.4. The van der Waals surface area contributed by atoms with Crippen molar-refractivity contribution < 1.29 is 9.53 Å². The average molecular weight is 308 g/mol. The van der Waals surface area contributed by atoms with Crippen LogP contribution in [0.5, 0.6) is 5.75 Å². The summed E-state index contributed by atoms with van der Waals surface area (Å²) in [6, 6.07) is 19.1. The molecule has 4 heteroatoms. The van der Waals surface area contributed by atoms with E-state index in [1.165, 1.54) is 0 Å². The number of nitrogens with zero attached hydrogens (tertiary/aromatic N) is 2. The molecule has 2 rings (SSSR count). The Kier molecular flexibility index (Phi) is 6.34. The van der Waals surface area contributed by atoms with Gasteiger partial charge in [-0.1, -0.05) is 42.5 Å². The van der Waals surface area contributed by atoms with Gasteiger partial charge in [-0.2, -0.15) is 5.26 Å². The molecule has 2 aromatic rings. The molecule has 23 heavy (non-hydrogen) atoms. The van der Waals surface area contributed by atoms with E-state index in [1.807, 2.05) is 59.5 Å². The second kappa shape index (κ2) is 8.72. The predicted octanol–water partition coefficient (Wildman–Crippen LogP) is 3.29. The van der Waals surface area contributed by atoms with Crippen molar-refractivity contribution in [1.29, 1.82) is 5.26 Å². The van der Waals surface area contributed by atoms with Gasteiger partial charge in [0.05, 0.1) is 19.7 Å². The van der Waals surface area contributed by atoms with E-state index in [1.54, 1.807) is 7.11 Å². The van der Waals surface area contributed by atoms with Gasteiger partial charge in [-0.25, -0.2) is 0 Å². The summed E-state index contributed by atoms with van der Waals surface area (Å²) in [5.74, 6) is 0.851. The highest BCUT2D eigenvalue weighted by molar-refractivity contribution is 5.97. The molecule has 0 aromatic heterocycles. The molecule has 0 saturated heterocycles. The zero-order valence-electron chi connectivity index (χ0n) is 13.2. The van der Waals surface area contributed by atoms with Crippen LogP contribution in [0, 0.1) is 11.3 Å². The highest BCUT2D eigenvalue weighted by atomic mass is 16.5. The van der Waals surface area contributed by atoms with Crippen molar-refractivity contribution in [3.05, 3.63) is 65.7 Å². The van der Waals surface area contributed by atoms with Gasteiger partial charge < -0.3 is 4.74 Å². The highest BCUT2D eigenvalue weighted by Crippen LogP contribution is 2.15. The molecule has 0 N–H and O–H groups in total. The molecule has 0 heterocycles. The molecule has 0 aliphatic heterocycles. The maximum Gasteiger partial charge on any atom is 0.176 e. The number of nitriles is 1. The number of benzene rings is 2. The third kappa shape index (κ3) is 5.24. The molecule has 0 amide bonds. The summed E-state index contributed by atoms with van der Waals surface area (Å²) in [5.41, 5.74) is 1.75. The largest absolute Gasteiger partial charge is 0.497 e. The molecule has 0 radical (unpaired) electrons. The van der Waals surface area contributed by atoms with Crippen molar-refractivity contribution in [3.8, 4) is 11.8 Å². The molecule has 0 aliphatic rings. The van der Waals surface area contributed by atoms with Gasteiger partial charge >= 0.3 is 0 Å². The SMILES string of the molecule is COc1cccc(CN(CCC#N)CC(=O)c2ccccc2)c1. The first-order valence-corrected chi connectivity index (χ1v) is 7.53. The molecule has 2 aromatic carbocycles. The van der Waals surface area contributed by atoms with Crippen LogP contribution in [0.4, 0.5) is 0 Å². The van der Waals surface area contributed by atoms with Gasteiger partial charge in [0.1, 0.15) is 5.75 Å². The summed E-state index contributed by atoms with van der Waals surface area (Å²) < 4.78 is 5.23. The molecule has 4 nitrogen and oxygen atoms in total. The van der Waals surface area contributed by atoms with E-state index in [4.69, 9.17) is 10.00 Å². The fourth-order valence-electron chi connectivity index (χ4n) is 2.37. The molecule has 0 fully saturated rings. The molecule has 0 spiro atoms. The van der Waals surface area contributed by atoms with Gasteiger partial charge in [0.15, 0.2) is 5.78 Å². The van der Waals surface area contributed by atoms with Gasteiger partial charge in [0.2, 0.25) is 0 Å². The minimum absolute atomic E-state index is 0.0615. The number of ether oxygens (including phenoxy) is 1. The lowest BCUT2D eigenvalue weighted by Crippen LogP contribution is -2.30. The van der Waals surface area contributed by atoms with E-state index in [9.17, 15) is 4.79 Å². The van der Waals surface area contributed by atoms with Crippen molar-refractivity contribution in [2.45, 2.75) is 13.0 Å². The monoisotopic (exact) mass is 308 g/mol. The molecule has 0 bridgehead atoms. The van der Waals surface area contributed by atoms with E-state index < -0.39 is 0 Å². The van der Waals surface area contributed by atoms with Crippen LogP contribution >= 0.6 is 0 Å². The minimum Gasteiger partial charge on any atom is -0.497 e. The number of carbonyl (C=O) groups is 1. The lowest BCUT2D eigenvalue weighted by Gasteiger charge is -2.20. The molecule has 118 valence electrons. The number of hydrogen-bond acceptors (Lipinski definition) is 4. The van der Waals surface area contributed by atoms with Crippen molar-refractivity contribution in [3.63, 3.8) is 0 Å². The van der Waals surface area contributed by atoms with Gasteiger partial charge in [-0.3, -0.25) is 9.69 Å². The van der Waals surface area contributed by atoms with Gasteiger partial charge in [-0.05, 0) is 17.7 Å². The Bertz CT molecular complexity index is 677. The maximum atomic E-state index is 12.4. The van der Waals surface area contributed by atoms with Crippen LogP contribution in [0.15, 0.2) is 54.6 Å². The van der Waals surface area contributed by atoms with Crippen molar-refractivity contribution in [1.82, 2.24) is 4.90 Å². The Morgan fingerprint density at radius 2 is 1.96 bits per heavy atom. The van der Waals surface area contributed by atoms with Crippen LogP contribution < -0.4 is 4.74 Å². The highest BCUT2D eigenvalue weighted by Gasteiger charge is 2.13. The first-order valence-electron chi connectivity index (χ1n) is 7.53. The normalized spacial score (nSPS) is 10.3. The van der Waals surface area contributed by atoms with Gasteiger partial charge in [0.25, 0.3) is 0 Å². The minimum atomic E-state index is 0.0615. The number of hydrogen-bond donors (Lipinski definition) is 0. The summed E-state index contributed by atoms with van der Waals surface area (Å²) in [7, 11) is 1.63. The fourth-order valence-corrected chi connectivity index (χ4v) is 2.37. The van der Waals surface area contributed by atoms with Crippen molar-refractivity contribution >= 4 is 5.78 Å². The Morgan fingerprint density at radius 3 is 2.65 bits per heavy atom. The van der Waals surface area contributed by atoms with E-state index >= 15 is 0 Å². The lowest BCUT2D eigenvalue weighted by atomic mass is 10.1. The summed E-state index contributed by atoms with van der Waals surface area (Å²) in [5, 5.41) is 8.83. The van der Waals surface area contributed by atoms with Crippen molar-refractivity contribution in [2.75, 3.05) is 20.2 Å². The predicted molar refractivity (Wildman–Crippen MR) is 89.3 cm³/mol. The number of ketones is 1. The summed E-state index contributed by atoms with van der Waals surface area (Å²) >= 11 is 0. The third-order valence-corrected chi connectivity index (χ3v) is 3.54. The van der Waals surface area contributed by atoms with E-state index in [2.05, 4.69) is 6.07 Å². The summed E-state index contributed by atoms with van der Waals surface area (Å²) in [6.45, 7) is 1.46. The van der Waals surface area contributed by atoms with Crippen LogP contribution in [0.3, 0.4) is 0 Å². The number of Topliss-reactive ketones (excluding diaryl/α,β-unsaturated/α-hetero) is 1. The van der Waals surface area contributed by atoms with Crippen molar-refractivity contribution in [2.24, 2.45) is 0 Å². The maximum absolute atomic E-state index is 12.4. The van der Waals surface area contributed by atoms with E-state index in [0.29, 0.717) is 31.6 Å². The molecule has 0 aliphatic carbocycles. The zero-order valence-corrected chi connectivity index (χ0v) is 13.2. The number of methoxy groups -OCH3 is 1. The smallest absolute Gasteiger partial charge is 0.176 e. The second-order valence-electron chi connectivity index (χ2n) is 5.26. The fraction of sp³-hybridized carbons (Fsp3) is 0.263. The quantitative estimate of drug-likeness (QED) is 0.702. The number of carbonyl (C=O) groups excluding carboxylic acids is 1. The Hall–Kier alpha value is -2.64. The Labute approximate surface area is 136 Å². The summed E-state index contributed by atoms with van der Waals surface area (Å²) in [6.07, 6.45) is 0.395. The average Bonchev–Trinajstić information content (AvgIpc) is 2.60. The first kappa shape index (κ1) is 16.7. The Morgan fingerprint density at radius 1 is 1.17 bits per heavy atom. The van der Waals surface area contributed by atoms with Crippen LogP contribution in [0.2, 0.25) is 0 Å². The van der Waals surface area contributed by atoms with Crippen LogP contribution in [0.25, 0.3) is 0 Å². The second-order valence-corrected chi connectivity index (χ2v) is 5.26. The standard InChI is InChI=1S/C19H20N2O2/c1-23-18-10-5-7-16(13-18)14-21(12-6-11-20)15-19(22)17-8-3-2-4-9-17/h2-5,7-10,13H,6,12,14-15H2,1H3. The zero-order chi connectivity index (χ0) is 16.5. The third-order valence-electron chi connectivity index (χ3n) is 3.54. The molecule has 0 saturated carbocycles. The Balaban J connectivity index is 2.07. The lowest BCUT2D eigenvalue weighted by molar-refractivity contribution is 0.0927.